The van der Waals surface area contributed by atoms with Crippen molar-refractivity contribution in [1.29, 1.82) is 0 Å². The lowest BCUT2D eigenvalue weighted by molar-refractivity contribution is 0.600. The number of benzene rings is 4. The molecule has 4 aromatic carbocycles. The van der Waals surface area contributed by atoms with Crippen LogP contribution in [-0.4, -0.2) is 19.5 Å². The Balaban J connectivity index is 1.59. The lowest BCUT2D eigenvalue weighted by Crippen LogP contribution is -2.16. The maximum absolute atomic E-state index is 13.3. The van der Waals surface area contributed by atoms with E-state index in [0.29, 0.717) is 5.82 Å². The number of sulfonamides is 1. The third kappa shape index (κ3) is 4.36. The third-order valence-corrected chi connectivity index (χ3v) is 7.88. The Kier molecular flexibility index (Phi) is 6.29. The van der Waals surface area contributed by atoms with Gasteiger partial charge in [-0.1, -0.05) is 66.2 Å². The average molecular weight is 496 g/mol. The predicted octanol–water partition coefficient (Wildman–Crippen LogP) is 7.11. The van der Waals surface area contributed by atoms with Gasteiger partial charge in [-0.3, -0.25) is 4.72 Å². The van der Waals surface area contributed by atoms with Gasteiger partial charge in [0.2, 0.25) is 0 Å². The van der Waals surface area contributed by atoms with Gasteiger partial charge in [0.25, 0.3) is 10.0 Å². The normalized spacial score (nSPS) is 11.5. The second-order valence-corrected chi connectivity index (χ2v) is 10.5. The lowest BCUT2D eigenvalue weighted by atomic mass is 10.0. The van der Waals surface area contributed by atoms with Gasteiger partial charge in [-0.05, 0) is 61.9 Å². The molecule has 0 bridgehead atoms. The Morgan fingerprint density at radius 2 is 1.39 bits per heavy atom. The highest BCUT2D eigenvalue weighted by atomic mass is 32.2. The number of aryl methyl sites for hydroxylation is 2. The minimum Gasteiger partial charge on any atom is -0.342 e. The van der Waals surface area contributed by atoms with Crippen LogP contribution in [0.5, 0.6) is 0 Å². The molecule has 0 spiro atoms. The van der Waals surface area contributed by atoms with Crippen LogP contribution < -0.4 is 9.62 Å². The minimum atomic E-state index is -3.77. The van der Waals surface area contributed by atoms with Crippen LogP contribution in [0.4, 0.5) is 17.2 Å². The molecule has 0 fully saturated rings. The molecule has 1 aromatic heterocycles. The van der Waals surface area contributed by atoms with Crippen molar-refractivity contribution in [3.05, 3.63) is 109 Å². The summed E-state index contributed by atoms with van der Waals surface area (Å²) in [7, 11) is -1.88. The maximum Gasteiger partial charge on any atom is 0.263 e. The molecule has 0 unspecified atom stereocenters. The fourth-order valence-electron chi connectivity index (χ4n) is 4.64. The molecule has 5 nitrogen and oxygen atoms in total. The van der Waals surface area contributed by atoms with Crippen molar-refractivity contribution < 1.29 is 8.42 Å². The summed E-state index contributed by atoms with van der Waals surface area (Å²) in [6, 6.07) is 33.5. The molecule has 6 heteroatoms. The molecule has 0 aliphatic carbocycles. The van der Waals surface area contributed by atoms with Gasteiger partial charge in [0.05, 0.1) is 10.4 Å². The van der Waals surface area contributed by atoms with Gasteiger partial charge in [0, 0.05) is 35.9 Å². The van der Waals surface area contributed by atoms with Crippen molar-refractivity contribution in [2.45, 2.75) is 18.7 Å². The van der Waals surface area contributed by atoms with E-state index in [0.717, 1.165) is 45.5 Å². The fourth-order valence-corrected chi connectivity index (χ4v) is 5.74. The van der Waals surface area contributed by atoms with Crippen LogP contribution in [0.3, 0.4) is 0 Å². The highest BCUT2D eigenvalue weighted by molar-refractivity contribution is 7.92. The zero-order valence-electron chi connectivity index (χ0n) is 20.6. The molecule has 0 atom stereocenters. The number of nitrogens with one attached hydrogen (secondary N) is 1. The molecule has 0 saturated carbocycles. The monoisotopic (exact) mass is 495 g/mol. The molecular weight excluding hydrogens is 466 g/mol. The van der Waals surface area contributed by atoms with E-state index in [1.807, 2.05) is 73.1 Å². The van der Waals surface area contributed by atoms with Crippen LogP contribution in [0.25, 0.3) is 22.0 Å². The average Bonchev–Trinajstić information content (AvgIpc) is 3.17. The number of hydrogen-bond donors (Lipinski definition) is 1. The van der Waals surface area contributed by atoms with E-state index in [2.05, 4.69) is 52.9 Å². The number of nitrogens with zero attached hydrogens (tertiary/aromatic N) is 2. The van der Waals surface area contributed by atoms with Gasteiger partial charge in [0.1, 0.15) is 5.82 Å². The van der Waals surface area contributed by atoms with Crippen molar-refractivity contribution >= 4 is 38.1 Å². The van der Waals surface area contributed by atoms with Gasteiger partial charge in [-0.2, -0.15) is 0 Å². The SMILES string of the molecule is CCN(c1ccccc1)c1ccc(-c2c(NS(=O)(=O)c3ccc(C)cc3)n(C)c3ccccc23)cc1. The van der Waals surface area contributed by atoms with Crippen LogP contribution in [-0.2, 0) is 17.1 Å². The molecule has 5 aromatic rings. The quantitative estimate of drug-likeness (QED) is 0.262. The van der Waals surface area contributed by atoms with E-state index in [1.54, 1.807) is 12.1 Å². The maximum atomic E-state index is 13.3. The van der Waals surface area contributed by atoms with E-state index in [-0.39, 0.29) is 4.90 Å². The van der Waals surface area contributed by atoms with Gasteiger partial charge in [-0.25, -0.2) is 8.42 Å². The van der Waals surface area contributed by atoms with E-state index >= 15 is 0 Å². The summed E-state index contributed by atoms with van der Waals surface area (Å²) in [6.07, 6.45) is 0. The summed E-state index contributed by atoms with van der Waals surface area (Å²) in [5.74, 6) is 0.542. The van der Waals surface area contributed by atoms with Gasteiger partial charge in [-0.15, -0.1) is 0 Å². The summed E-state index contributed by atoms with van der Waals surface area (Å²) in [5.41, 5.74) is 5.98. The van der Waals surface area contributed by atoms with Crippen molar-refractivity contribution in [2.24, 2.45) is 7.05 Å². The van der Waals surface area contributed by atoms with Crippen molar-refractivity contribution in [2.75, 3.05) is 16.2 Å². The summed E-state index contributed by atoms with van der Waals surface area (Å²) >= 11 is 0. The van der Waals surface area contributed by atoms with Crippen molar-refractivity contribution in [1.82, 2.24) is 4.57 Å². The third-order valence-electron chi connectivity index (χ3n) is 6.52. The lowest BCUT2D eigenvalue weighted by Gasteiger charge is -2.23. The van der Waals surface area contributed by atoms with Crippen LogP contribution in [0.15, 0.2) is 108 Å². The van der Waals surface area contributed by atoms with E-state index in [9.17, 15) is 8.42 Å². The molecule has 0 radical (unpaired) electrons. The van der Waals surface area contributed by atoms with Gasteiger partial charge in [0.15, 0.2) is 0 Å². The number of fused-ring (bicyclic) bond motifs is 1. The Bertz CT molecular complexity index is 1610. The van der Waals surface area contributed by atoms with Crippen molar-refractivity contribution in [3.63, 3.8) is 0 Å². The van der Waals surface area contributed by atoms with Crippen LogP contribution in [0, 0.1) is 6.92 Å². The van der Waals surface area contributed by atoms with Crippen LogP contribution >= 0.6 is 0 Å². The molecule has 5 rings (SSSR count). The Hall–Kier alpha value is -4.03. The molecule has 182 valence electrons. The first-order chi connectivity index (χ1) is 17.4. The molecular formula is C30H29N3O2S. The van der Waals surface area contributed by atoms with E-state index in [1.165, 1.54) is 0 Å². The second kappa shape index (κ2) is 9.55. The number of rotatable bonds is 7. The molecule has 36 heavy (non-hydrogen) atoms. The van der Waals surface area contributed by atoms with E-state index in [4.69, 9.17) is 0 Å². The largest absolute Gasteiger partial charge is 0.342 e. The number of anilines is 3. The Morgan fingerprint density at radius 3 is 2.06 bits per heavy atom. The fraction of sp³-hybridized carbons (Fsp3) is 0.133. The summed E-state index contributed by atoms with van der Waals surface area (Å²) in [6.45, 7) is 4.90. The molecule has 0 aliphatic rings. The summed E-state index contributed by atoms with van der Waals surface area (Å²) < 4.78 is 31.5. The highest BCUT2D eigenvalue weighted by Crippen LogP contribution is 2.40. The first kappa shape index (κ1) is 23.7. The smallest absolute Gasteiger partial charge is 0.263 e. The summed E-state index contributed by atoms with van der Waals surface area (Å²) in [5, 5.41) is 0.991. The van der Waals surface area contributed by atoms with E-state index < -0.39 is 10.0 Å². The van der Waals surface area contributed by atoms with Crippen LogP contribution in [0.1, 0.15) is 12.5 Å². The standard InChI is InChI=1S/C30H29N3O2S/c1-4-33(24-10-6-5-7-11-24)25-18-16-23(17-19-25)29-27-12-8-9-13-28(27)32(3)30(29)31-36(34,35)26-20-14-22(2)15-21-26/h5-21,31H,4H2,1-3H3. The molecule has 0 amide bonds. The Labute approximate surface area is 212 Å². The van der Waals surface area contributed by atoms with Gasteiger partial charge >= 0.3 is 0 Å². The first-order valence-electron chi connectivity index (χ1n) is 12.0. The zero-order chi connectivity index (χ0) is 25.3. The summed E-state index contributed by atoms with van der Waals surface area (Å²) in [4.78, 5) is 2.48. The molecule has 1 heterocycles. The Morgan fingerprint density at radius 1 is 0.778 bits per heavy atom. The van der Waals surface area contributed by atoms with Crippen molar-refractivity contribution in [3.8, 4) is 11.1 Å². The molecule has 0 aliphatic heterocycles. The first-order valence-corrected chi connectivity index (χ1v) is 13.5. The molecule has 1 N–H and O–H groups in total. The zero-order valence-corrected chi connectivity index (χ0v) is 21.5. The number of aromatic nitrogens is 1. The topological polar surface area (TPSA) is 54.3 Å². The predicted molar refractivity (Wildman–Crippen MR) is 149 cm³/mol. The minimum absolute atomic E-state index is 0.237. The highest BCUT2D eigenvalue weighted by Gasteiger charge is 2.22. The van der Waals surface area contributed by atoms with Gasteiger partial charge < -0.3 is 9.47 Å². The second-order valence-electron chi connectivity index (χ2n) is 8.85. The molecule has 0 saturated heterocycles. The number of para-hydroxylation sites is 2. The number of hydrogen-bond acceptors (Lipinski definition) is 3. The van der Waals surface area contributed by atoms with Crippen LogP contribution in [0.2, 0.25) is 0 Å².